The predicted molar refractivity (Wildman–Crippen MR) is 92.5 cm³/mol. The molecule has 0 saturated carbocycles. The molecule has 1 aliphatic carbocycles. The minimum absolute atomic E-state index is 0.436. The molecule has 122 valence electrons. The Bertz CT molecular complexity index is 813. The fourth-order valence-electron chi connectivity index (χ4n) is 3.52. The Hall–Kier alpha value is -2.46. The Balaban J connectivity index is 1.43. The highest BCUT2D eigenvalue weighted by molar-refractivity contribution is 5.34. The van der Waals surface area contributed by atoms with Crippen LogP contribution in [0.25, 0.3) is 0 Å². The summed E-state index contributed by atoms with van der Waals surface area (Å²) in [4.78, 5) is 6.86. The standard InChI is InChI=1S/C20H21N3O/c1-23(18-12-11-16-9-5-6-10-17(16)18)14-20-21-19(22-24-20)13-15-7-3-2-4-8-15/h2-10,18H,11-14H2,1H3/t18-/m1/s1. The van der Waals surface area contributed by atoms with E-state index in [0.717, 1.165) is 18.7 Å². The van der Waals surface area contributed by atoms with E-state index in [-0.39, 0.29) is 0 Å². The van der Waals surface area contributed by atoms with Crippen molar-refractivity contribution in [2.24, 2.45) is 0 Å². The van der Waals surface area contributed by atoms with Crippen molar-refractivity contribution in [2.75, 3.05) is 7.05 Å². The van der Waals surface area contributed by atoms with Crippen LogP contribution in [0.4, 0.5) is 0 Å². The van der Waals surface area contributed by atoms with Crippen molar-refractivity contribution >= 4 is 0 Å². The van der Waals surface area contributed by atoms with Crippen molar-refractivity contribution in [3.8, 4) is 0 Å². The van der Waals surface area contributed by atoms with Crippen molar-refractivity contribution < 1.29 is 4.52 Å². The first kappa shape index (κ1) is 15.1. The van der Waals surface area contributed by atoms with Gasteiger partial charge < -0.3 is 4.52 Å². The monoisotopic (exact) mass is 319 g/mol. The molecule has 0 saturated heterocycles. The topological polar surface area (TPSA) is 42.2 Å². The van der Waals surface area contributed by atoms with Crippen molar-refractivity contribution in [1.29, 1.82) is 0 Å². The molecule has 3 aromatic rings. The van der Waals surface area contributed by atoms with Crippen molar-refractivity contribution in [1.82, 2.24) is 15.0 Å². The maximum Gasteiger partial charge on any atom is 0.240 e. The minimum atomic E-state index is 0.436. The van der Waals surface area contributed by atoms with Crippen molar-refractivity contribution in [2.45, 2.75) is 31.8 Å². The molecule has 4 heteroatoms. The quantitative estimate of drug-likeness (QED) is 0.718. The molecule has 1 atom stereocenters. The molecule has 0 aliphatic heterocycles. The number of aromatic nitrogens is 2. The molecule has 0 unspecified atom stereocenters. The van der Waals surface area contributed by atoms with Gasteiger partial charge in [-0.25, -0.2) is 0 Å². The molecule has 0 radical (unpaired) electrons. The van der Waals surface area contributed by atoms with Gasteiger partial charge in [-0.1, -0.05) is 59.8 Å². The normalized spacial score (nSPS) is 16.5. The zero-order chi connectivity index (χ0) is 16.4. The molecule has 4 rings (SSSR count). The van der Waals surface area contributed by atoms with E-state index in [2.05, 4.69) is 58.5 Å². The minimum Gasteiger partial charge on any atom is -0.338 e. The van der Waals surface area contributed by atoms with Crippen LogP contribution in [0.3, 0.4) is 0 Å². The van der Waals surface area contributed by atoms with E-state index < -0.39 is 0 Å². The van der Waals surface area contributed by atoms with Gasteiger partial charge in [0, 0.05) is 12.5 Å². The van der Waals surface area contributed by atoms with Gasteiger partial charge in [0.1, 0.15) is 0 Å². The Kier molecular flexibility index (Phi) is 4.13. The molecule has 24 heavy (non-hydrogen) atoms. The lowest BCUT2D eigenvalue weighted by Crippen LogP contribution is -2.22. The zero-order valence-corrected chi connectivity index (χ0v) is 13.9. The summed E-state index contributed by atoms with van der Waals surface area (Å²) in [5.74, 6) is 1.43. The SMILES string of the molecule is CN(Cc1nc(Cc2ccccc2)no1)[C@@H]1CCc2ccccc21. The molecule has 0 N–H and O–H groups in total. The number of fused-ring (bicyclic) bond motifs is 1. The number of hydrogen-bond donors (Lipinski definition) is 0. The van der Waals surface area contributed by atoms with Crippen LogP contribution in [-0.4, -0.2) is 22.1 Å². The summed E-state index contributed by atoms with van der Waals surface area (Å²) < 4.78 is 5.45. The van der Waals surface area contributed by atoms with Crippen LogP contribution in [-0.2, 0) is 19.4 Å². The van der Waals surface area contributed by atoms with E-state index in [1.165, 1.54) is 16.7 Å². The maximum absolute atomic E-state index is 5.45. The highest BCUT2D eigenvalue weighted by atomic mass is 16.5. The van der Waals surface area contributed by atoms with Crippen molar-refractivity contribution in [3.05, 3.63) is 83.0 Å². The van der Waals surface area contributed by atoms with Crippen LogP contribution >= 0.6 is 0 Å². The van der Waals surface area contributed by atoms with E-state index in [0.29, 0.717) is 24.9 Å². The maximum atomic E-state index is 5.45. The molecular weight excluding hydrogens is 298 g/mol. The average molecular weight is 319 g/mol. The van der Waals surface area contributed by atoms with Crippen molar-refractivity contribution in [3.63, 3.8) is 0 Å². The summed E-state index contributed by atoms with van der Waals surface area (Å²) in [5, 5.41) is 4.12. The van der Waals surface area contributed by atoms with Crippen LogP contribution in [0.2, 0.25) is 0 Å². The van der Waals surface area contributed by atoms with Gasteiger partial charge in [0.15, 0.2) is 5.82 Å². The smallest absolute Gasteiger partial charge is 0.240 e. The van der Waals surface area contributed by atoms with Gasteiger partial charge in [-0.3, -0.25) is 4.90 Å². The van der Waals surface area contributed by atoms with Gasteiger partial charge in [-0.2, -0.15) is 4.98 Å². The van der Waals surface area contributed by atoms with Crippen LogP contribution in [0, 0.1) is 0 Å². The molecule has 0 spiro atoms. The largest absolute Gasteiger partial charge is 0.338 e. The van der Waals surface area contributed by atoms with Crippen LogP contribution in [0.5, 0.6) is 0 Å². The third kappa shape index (κ3) is 3.10. The lowest BCUT2D eigenvalue weighted by molar-refractivity contribution is 0.204. The van der Waals surface area contributed by atoms with Gasteiger partial charge in [0.05, 0.1) is 6.54 Å². The molecule has 0 amide bonds. The highest BCUT2D eigenvalue weighted by Gasteiger charge is 2.26. The molecule has 4 nitrogen and oxygen atoms in total. The zero-order valence-electron chi connectivity index (χ0n) is 13.9. The fraction of sp³-hybridized carbons (Fsp3) is 0.300. The number of nitrogens with zero attached hydrogens (tertiary/aromatic N) is 3. The van der Waals surface area contributed by atoms with Gasteiger partial charge in [0.2, 0.25) is 5.89 Å². The first-order valence-electron chi connectivity index (χ1n) is 8.43. The molecular formula is C20H21N3O. The lowest BCUT2D eigenvalue weighted by atomic mass is 10.1. The third-order valence-corrected chi connectivity index (χ3v) is 4.73. The summed E-state index contributed by atoms with van der Waals surface area (Å²) in [6, 6.07) is 19.4. The Morgan fingerprint density at radius 3 is 2.75 bits per heavy atom. The first-order valence-corrected chi connectivity index (χ1v) is 8.43. The summed E-state index contributed by atoms with van der Waals surface area (Å²) in [7, 11) is 2.13. The highest BCUT2D eigenvalue weighted by Crippen LogP contribution is 2.35. The lowest BCUT2D eigenvalue weighted by Gasteiger charge is -2.23. The van der Waals surface area contributed by atoms with E-state index in [1.807, 2.05) is 18.2 Å². The summed E-state index contributed by atoms with van der Waals surface area (Å²) in [6.45, 7) is 0.681. The molecule has 1 heterocycles. The van der Waals surface area contributed by atoms with Gasteiger partial charge in [0.25, 0.3) is 0 Å². The van der Waals surface area contributed by atoms with Crippen LogP contribution < -0.4 is 0 Å². The fourth-order valence-corrected chi connectivity index (χ4v) is 3.52. The number of benzene rings is 2. The van der Waals surface area contributed by atoms with Crippen LogP contribution in [0.15, 0.2) is 59.1 Å². The average Bonchev–Trinajstić information content (AvgIpc) is 3.22. The predicted octanol–water partition coefficient (Wildman–Crippen LogP) is 3.78. The second-order valence-corrected chi connectivity index (χ2v) is 6.44. The molecule has 0 fully saturated rings. The number of rotatable bonds is 5. The second-order valence-electron chi connectivity index (χ2n) is 6.44. The summed E-state index contributed by atoms with van der Waals surface area (Å²) in [5.41, 5.74) is 4.09. The summed E-state index contributed by atoms with van der Waals surface area (Å²) >= 11 is 0. The Morgan fingerprint density at radius 2 is 1.88 bits per heavy atom. The van der Waals surface area contributed by atoms with E-state index in [1.54, 1.807) is 0 Å². The number of aryl methyl sites for hydroxylation is 1. The van der Waals surface area contributed by atoms with E-state index >= 15 is 0 Å². The molecule has 1 aliphatic rings. The Labute approximate surface area is 142 Å². The first-order chi connectivity index (χ1) is 11.8. The third-order valence-electron chi connectivity index (χ3n) is 4.73. The second kappa shape index (κ2) is 6.57. The van der Waals surface area contributed by atoms with Gasteiger partial charge >= 0.3 is 0 Å². The molecule has 2 aromatic carbocycles. The Morgan fingerprint density at radius 1 is 1.08 bits per heavy atom. The van der Waals surface area contributed by atoms with E-state index in [9.17, 15) is 0 Å². The van der Waals surface area contributed by atoms with E-state index in [4.69, 9.17) is 4.52 Å². The molecule has 1 aromatic heterocycles. The van der Waals surface area contributed by atoms with Gasteiger partial charge in [-0.15, -0.1) is 0 Å². The molecule has 0 bridgehead atoms. The van der Waals surface area contributed by atoms with Gasteiger partial charge in [-0.05, 0) is 36.6 Å². The summed E-state index contributed by atoms with van der Waals surface area (Å²) in [6.07, 6.45) is 3.01. The van der Waals surface area contributed by atoms with Crippen LogP contribution in [0.1, 0.15) is 40.9 Å². The number of hydrogen-bond acceptors (Lipinski definition) is 4.